The van der Waals surface area contributed by atoms with Crippen molar-refractivity contribution in [2.45, 2.75) is 26.0 Å². The number of rotatable bonds is 6. The van der Waals surface area contributed by atoms with Crippen LogP contribution in [0.1, 0.15) is 40.3 Å². The molecule has 3 heterocycles. The van der Waals surface area contributed by atoms with Gasteiger partial charge in [-0.05, 0) is 13.0 Å². The normalized spacial score (nSPS) is 18.5. The maximum atomic E-state index is 13.4. The second kappa shape index (κ2) is 11.5. The fourth-order valence-corrected chi connectivity index (χ4v) is 3.56. The molecule has 2 aromatic rings. The number of amides is 2. The fourth-order valence-electron chi connectivity index (χ4n) is 3.56. The molecule has 1 aliphatic heterocycles. The highest BCUT2D eigenvalue weighted by Gasteiger charge is 2.34. The fraction of sp³-hybridized carbons (Fsp3) is 0.458. The van der Waals surface area contributed by atoms with Gasteiger partial charge in [-0.2, -0.15) is 0 Å². The lowest BCUT2D eigenvalue weighted by molar-refractivity contribution is 0.0312. The van der Waals surface area contributed by atoms with Gasteiger partial charge in [-0.1, -0.05) is 18.8 Å². The molecule has 10 nitrogen and oxygen atoms in total. The van der Waals surface area contributed by atoms with Crippen molar-refractivity contribution >= 4 is 11.8 Å². The maximum absolute atomic E-state index is 13.4. The molecule has 0 unspecified atom stereocenters. The average Bonchev–Trinajstić information content (AvgIpc) is 2.86. The van der Waals surface area contributed by atoms with Crippen LogP contribution in [0, 0.1) is 17.8 Å². The molecular formula is C24H29N5O5. The van der Waals surface area contributed by atoms with Crippen LogP contribution in [-0.4, -0.2) is 94.3 Å². The molecule has 2 aromatic heterocycles. The molecule has 1 aliphatic rings. The van der Waals surface area contributed by atoms with Crippen LogP contribution in [0.2, 0.25) is 0 Å². The van der Waals surface area contributed by atoms with Gasteiger partial charge < -0.3 is 24.4 Å². The van der Waals surface area contributed by atoms with E-state index in [1.165, 1.54) is 29.7 Å². The zero-order chi connectivity index (χ0) is 24.7. The topological polar surface area (TPSA) is 118 Å². The van der Waals surface area contributed by atoms with Crippen molar-refractivity contribution in [3.05, 3.63) is 47.7 Å². The Morgan fingerprint density at radius 2 is 2.18 bits per heavy atom. The number of ether oxygens (including phenoxy) is 2. The molecule has 0 spiro atoms. The van der Waals surface area contributed by atoms with E-state index < -0.39 is 12.1 Å². The quantitative estimate of drug-likeness (QED) is 0.622. The van der Waals surface area contributed by atoms with E-state index in [1.54, 1.807) is 32.0 Å². The molecule has 3 rings (SSSR count). The summed E-state index contributed by atoms with van der Waals surface area (Å²) < 4.78 is 11.1. The van der Waals surface area contributed by atoms with E-state index in [0.29, 0.717) is 12.1 Å². The number of pyridine rings is 1. The van der Waals surface area contributed by atoms with E-state index in [-0.39, 0.29) is 54.6 Å². The third-order valence-electron chi connectivity index (χ3n) is 5.55. The number of hydrogen-bond acceptors (Lipinski definition) is 8. The monoisotopic (exact) mass is 467 g/mol. The van der Waals surface area contributed by atoms with Crippen molar-refractivity contribution in [1.82, 2.24) is 24.8 Å². The SMILES string of the molecule is COCC#Cc1cnc2c(c1)C(=O)N([C@H](C)CO)C[C@H](C)[C@@H](CN(C)C(=O)c1cnccn1)O2. The maximum Gasteiger partial charge on any atom is 0.273 e. The minimum atomic E-state index is -0.469. The minimum absolute atomic E-state index is 0.161. The number of aliphatic hydroxyl groups excluding tert-OH is 1. The lowest BCUT2D eigenvalue weighted by Crippen LogP contribution is -2.50. The van der Waals surface area contributed by atoms with Gasteiger partial charge in [0, 0.05) is 50.8 Å². The molecule has 2 amide bonds. The van der Waals surface area contributed by atoms with Crippen LogP contribution in [0.4, 0.5) is 0 Å². The molecule has 0 saturated heterocycles. The third kappa shape index (κ3) is 5.87. The molecule has 0 saturated carbocycles. The third-order valence-corrected chi connectivity index (χ3v) is 5.55. The standard InChI is InChI=1S/C24H29N5O5/c1-16-13-29(17(2)15-30)23(31)19-10-18(6-5-9-33-4)11-27-22(19)34-21(16)14-28(3)24(32)20-12-25-7-8-26-20/h7-8,10-12,16-17,21,30H,9,13-15H2,1-4H3/t16-,17+,21+/m0/s1. The molecule has 3 atom stereocenters. The van der Waals surface area contributed by atoms with Crippen molar-refractivity contribution in [2.24, 2.45) is 5.92 Å². The number of methoxy groups -OCH3 is 1. The van der Waals surface area contributed by atoms with E-state index in [2.05, 4.69) is 26.8 Å². The summed E-state index contributed by atoms with van der Waals surface area (Å²) in [6.45, 7) is 4.35. The summed E-state index contributed by atoms with van der Waals surface area (Å²) in [4.78, 5) is 41.7. The number of likely N-dealkylation sites (N-methyl/N-ethyl adjacent to an activating group) is 1. The smallest absolute Gasteiger partial charge is 0.273 e. The van der Waals surface area contributed by atoms with E-state index in [1.807, 2.05) is 6.92 Å². The van der Waals surface area contributed by atoms with Crippen LogP contribution in [0.15, 0.2) is 30.9 Å². The highest BCUT2D eigenvalue weighted by molar-refractivity contribution is 5.97. The van der Waals surface area contributed by atoms with Gasteiger partial charge in [0.15, 0.2) is 0 Å². The van der Waals surface area contributed by atoms with Crippen LogP contribution < -0.4 is 4.74 Å². The number of aromatic nitrogens is 3. The van der Waals surface area contributed by atoms with Gasteiger partial charge in [0.25, 0.3) is 11.8 Å². The summed E-state index contributed by atoms with van der Waals surface area (Å²) in [5.41, 5.74) is 1.03. The molecule has 10 heteroatoms. The van der Waals surface area contributed by atoms with Crippen LogP contribution >= 0.6 is 0 Å². The van der Waals surface area contributed by atoms with E-state index in [4.69, 9.17) is 9.47 Å². The number of carbonyl (C=O) groups is 2. The summed E-state index contributed by atoms with van der Waals surface area (Å²) in [6, 6.07) is 1.22. The van der Waals surface area contributed by atoms with Gasteiger partial charge in [0.05, 0.1) is 25.4 Å². The molecule has 0 bridgehead atoms. The van der Waals surface area contributed by atoms with Gasteiger partial charge in [0.2, 0.25) is 5.88 Å². The van der Waals surface area contributed by atoms with Crippen molar-refractivity contribution < 1.29 is 24.2 Å². The van der Waals surface area contributed by atoms with Crippen LogP contribution in [0.5, 0.6) is 5.88 Å². The highest BCUT2D eigenvalue weighted by atomic mass is 16.5. The van der Waals surface area contributed by atoms with Crippen LogP contribution in [-0.2, 0) is 4.74 Å². The number of aliphatic hydroxyl groups is 1. The lowest BCUT2D eigenvalue weighted by Gasteiger charge is -2.37. The molecule has 180 valence electrons. The van der Waals surface area contributed by atoms with Crippen LogP contribution in [0.25, 0.3) is 0 Å². The van der Waals surface area contributed by atoms with Gasteiger partial charge >= 0.3 is 0 Å². The zero-order valence-electron chi connectivity index (χ0n) is 19.8. The average molecular weight is 468 g/mol. The molecule has 0 radical (unpaired) electrons. The Bertz CT molecular complexity index is 1070. The van der Waals surface area contributed by atoms with Gasteiger partial charge in [-0.15, -0.1) is 0 Å². The number of hydrogen-bond donors (Lipinski definition) is 1. The Hall–Kier alpha value is -3.55. The predicted molar refractivity (Wildman–Crippen MR) is 123 cm³/mol. The Labute approximate surface area is 198 Å². The Balaban J connectivity index is 1.93. The molecule has 34 heavy (non-hydrogen) atoms. The van der Waals surface area contributed by atoms with Crippen molar-refractivity contribution in [3.63, 3.8) is 0 Å². The summed E-state index contributed by atoms with van der Waals surface area (Å²) in [7, 11) is 3.21. The van der Waals surface area contributed by atoms with E-state index in [0.717, 1.165) is 0 Å². The Kier molecular flexibility index (Phi) is 8.51. The van der Waals surface area contributed by atoms with Crippen LogP contribution in [0.3, 0.4) is 0 Å². The van der Waals surface area contributed by atoms with Crippen molar-refractivity contribution in [2.75, 3.05) is 40.5 Å². The van der Waals surface area contributed by atoms with Crippen molar-refractivity contribution in [1.29, 1.82) is 0 Å². The first-order valence-electron chi connectivity index (χ1n) is 10.9. The number of nitrogens with zero attached hydrogens (tertiary/aromatic N) is 5. The summed E-state index contributed by atoms with van der Waals surface area (Å²) >= 11 is 0. The summed E-state index contributed by atoms with van der Waals surface area (Å²) in [5.74, 6) is 5.17. The second-order valence-electron chi connectivity index (χ2n) is 8.21. The largest absolute Gasteiger partial charge is 0.472 e. The first kappa shape index (κ1) is 25.1. The zero-order valence-corrected chi connectivity index (χ0v) is 19.8. The Morgan fingerprint density at radius 3 is 2.85 bits per heavy atom. The molecule has 1 N–H and O–H groups in total. The first-order chi connectivity index (χ1) is 16.3. The second-order valence-corrected chi connectivity index (χ2v) is 8.21. The number of fused-ring (bicyclic) bond motifs is 1. The Morgan fingerprint density at radius 1 is 1.38 bits per heavy atom. The molecule has 0 aromatic carbocycles. The summed E-state index contributed by atoms with van der Waals surface area (Å²) in [6.07, 6.45) is 5.44. The van der Waals surface area contributed by atoms with Gasteiger partial charge in [0.1, 0.15) is 24.0 Å². The van der Waals surface area contributed by atoms with Crippen molar-refractivity contribution in [3.8, 4) is 17.7 Å². The highest BCUT2D eigenvalue weighted by Crippen LogP contribution is 2.27. The van der Waals surface area contributed by atoms with E-state index in [9.17, 15) is 14.7 Å². The lowest BCUT2D eigenvalue weighted by atomic mass is 10.00. The van der Waals surface area contributed by atoms with E-state index >= 15 is 0 Å². The number of carbonyl (C=O) groups excluding carboxylic acids is 2. The molecular weight excluding hydrogens is 438 g/mol. The molecule has 0 aliphatic carbocycles. The predicted octanol–water partition coefficient (Wildman–Crippen LogP) is 0.862. The first-order valence-corrected chi connectivity index (χ1v) is 10.9. The minimum Gasteiger partial charge on any atom is -0.472 e. The summed E-state index contributed by atoms with van der Waals surface area (Å²) in [5, 5.41) is 9.77. The van der Waals surface area contributed by atoms with Gasteiger partial charge in [-0.3, -0.25) is 14.6 Å². The molecule has 0 fully saturated rings. The van der Waals surface area contributed by atoms with Gasteiger partial charge in [-0.25, -0.2) is 9.97 Å².